The maximum absolute atomic E-state index is 12.1. The Bertz CT molecular complexity index is 1350. The molecule has 1 aliphatic rings. The minimum atomic E-state index is -0.788. The molecule has 0 aliphatic carbocycles. The number of anilines is 1. The Morgan fingerprint density at radius 2 is 1.85 bits per heavy atom. The average Bonchev–Trinajstić information content (AvgIpc) is 3.16. The lowest BCUT2D eigenvalue weighted by molar-refractivity contribution is -0.125. The summed E-state index contributed by atoms with van der Waals surface area (Å²) < 4.78 is 1.69. The van der Waals surface area contributed by atoms with Gasteiger partial charge in [0.2, 0.25) is 11.9 Å². The number of hydrogen-bond acceptors (Lipinski definition) is 6. The van der Waals surface area contributed by atoms with E-state index in [1.165, 1.54) is 6.33 Å². The van der Waals surface area contributed by atoms with Crippen LogP contribution in [0.1, 0.15) is 6.92 Å². The van der Waals surface area contributed by atoms with E-state index < -0.39 is 5.54 Å². The second kappa shape index (κ2) is 8.30. The van der Waals surface area contributed by atoms with Crippen molar-refractivity contribution in [2.24, 2.45) is 5.73 Å². The smallest absolute Gasteiger partial charge is 0.241 e. The molecule has 1 saturated heterocycles. The van der Waals surface area contributed by atoms with Crippen molar-refractivity contribution in [2.75, 3.05) is 24.5 Å². The molecule has 33 heavy (non-hydrogen) atoms. The highest BCUT2D eigenvalue weighted by Crippen LogP contribution is 2.39. The number of benzene rings is 2. The molecule has 1 aliphatic heterocycles. The van der Waals surface area contributed by atoms with Crippen LogP contribution in [0, 0.1) is 0 Å². The van der Waals surface area contributed by atoms with Gasteiger partial charge in [-0.05, 0) is 30.3 Å². The number of amides is 1. The zero-order valence-electron chi connectivity index (χ0n) is 17.8. The van der Waals surface area contributed by atoms with Crippen molar-refractivity contribution in [1.29, 1.82) is 0 Å². The molecule has 2 aromatic heterocycles. The van der Waals surface area contributed by atoms with Crippen LogP contribution in [-0.4, -0.2) is 50.7 Å². The first-order chi connectivity index (χ1) is 15.9. The molecule has 1 amide bonds. The highest BCUT2D eigenvalue weighted by Gasteiger charge is 2.49. The molecular weight excluding hydrogens is 461 g/mol. The third-order valence-electron chi connectivity index (χ3n) is 5.86. The number of nitrogens with two attached hydrogens (primary N) is 1. The largest absolute Gasteiger partial charge is 0.368 e. The van der Waals surface area contributed by atoms with Crippen LogP contribution >= 0.6 is 23.2 Å². The number of rotatable bonds is 6. The van der Waals surface area contributed by atoms with Gasteiger partial charge >= 0.3 is 0 Å². The molecule has 0 bridgehead atoms. The third-order valence-corrected chi connectivity index (χ3v) is 6.44. The summed E-state index contributed by atoms with van der Waals surface area (Å²) in [7, 11) is 0. The number of hydrogen-bond donors (Lipinski definition) is 2. The summed E-state index contributed by atoms with van der Waals surface area (Å²) in [5.74, 6) is 0.188. The van der Waals surface area contributed by atoms with E-state index in [-0.39, 0.29) is 5.91 Å². The van der Waals surface area contributed by atoms with E-state index >= 15 is 0 Å². The van der Waals surface area contributed by atoms with Crippen molar-refractivity contribution in [3.8, 4) is 22.4 Å². The number of likely N-dealkylation sites (N-methyl/N-ethyl adjacent to an activating group) is 1. The Kier molecular flexibility index (Phi) is 5.44. The Balaban J connectivity index is 1.68. The molecule has 0 spiro atoms. The van der Waals surface area contributed by atoms with Crippen molar-refractivity contribution in [1.82, 2.24) is 24.9 Å². The molecule has 3 N–H and O–H groups in total. The number of halogens is 2. The molecule has 0 radical (unpaired) electrons. The van der Waals surface area contributed by atoms with Crippen LogP contribution in [0.25, 0.3) is 28.0 Å². The maximum atomic E-state index is 12.1. The lowest BCUT2D eigenvalue weighted by Crippen LogP contribution is -2.75. The summed E-state index contributed by atoms with van der Waals surface area (Å²) in [6.45, 7) is 3.35. The predicted molar refractivity (Wildman–Crippen MR) is 129 cm³/mol. The number of nitrogens with one attached hydrogen (secondary N) is 1. The van der Waals surface area contributed by atoms with Crippen molar-refractivity contribution in [2.45, 2.75) is 12.5 Å². The van der Waals surface area contributed by atoms with E-state index in [9.17, 15) is 4.79 Å². The molecule has 0 unspecified atom stereocenters. The van der Waals surface area contributed by atoms with Crippen molar-refractivity contribution in [3.63, 3.8) is 0 Å². The SMILES string of the molecule is CCNC1(C(N)=O)CN(c2ncnc3c(-c4ccc(Cl)cc4)c(-c4ccccc4Cl)nn23)C1. The fourth-order valence-electron chi connectivity index (χ4n) is 4.24. The lowest BCUT2D eigenvalue weighted by atomic mass is 9.89. The van der Waals surface area contributed by atoms with E-state index in [1.807, 2.05) is 60.4 Å². The Morgan fingerprint density at radius 1 is 1.12 bits per heavy atom. The molecule has 168 valence electrons. The molecule has 8 nitrogen and oxygen atoms in total. The quantitative estimate of drug-likeness (QED) is 0.437. The summed E-state index contributed by atoms with van der Waals surface area (Å²) in [5, 5.41) is 9.30. The van der Waals surface area contributed by atoms with Crippen LogP contribution in [0.15, 0.2) is 54.9 Å². The van der Waals surface area contributed by atoms with E-state index in [0.717, 1.165) is 16.7 Å². The molecule has 1 fully saturated rings. The number of primary amides is 1. The fraction of sp³-hybridized carbons (Fsp3) is 0.217. The summed E-state index contributed by atoms with van der Waals surface area (Å²) in [6, 6.07) is 15.0. The van der Waals surface area contributed by atoms with Crippen molar-refractivity contribution in [3.05, 3.63) is 64.9 Å². The number of fused-ring (bicyclic) bond motifs is 1. The highest BCUT2D eigenvalue weighted by molar-refractivity contribution is 6.33. The zero-order valence-corrected chi connectivity index (χ0v) is 19.3. The molecule has 3 heterocycles. The Hall–Kier alpha value is -3.20. The molecule has 4 aromatic rings. The predicted octanol–water partition coefficient (Wildman–Crippen LogP) is 3.42. The van der Waals surface area contributed by atoms with Gasteiger partial charge in [0, 0.05) is 23.7 Å². The van der Waals surface area contributed by atoms with Gasteiger partial charge in [-0.15, -0.1) is 0 Å². The third kappa shape index (κ3) is 3.60. The van der Waals surface area contributed by atoms with E-state index in [2.05, 4.69) is 15.3 Å². The van der Waals surface area contributed by atoms with Gasteiger partial charge in [0.15, 0.2) is 5.65 Å². The Morgan fingerprint density at radius 3 is 2.52 bits per heavy atom. The molecule has 0 atom stereocenters. The van der Waals surface area contributed by atoms with Gasteiger partial charge in [-0.2, -0.15) is 9.61 Å². The molecular formula is C23H21Cl2N7O. The van der Waals surface area contributed by atoms with Gasteiger partial charge in [0.05, 0.1) is 10.6 Å². The summed E-state index contributed by atoms with van der Waals surface area (Å²) >= 11 is 12.7. The van der Waals surface area contributed by atoms with Gasteiger partial charge in [-0.1, -0.05) is 60.5 Å². The van der Waals surface area contributed by atoms with Crippen LogP contribution in [-0.2, 0) is 4.79 Å². The standard InChI is InChI=1S/C23H21Cl2N7O/c1-2-29-23(21(26)33)11-31(12-23)22-28-13-27-20-18(14-7-9-15(24)10-8-14)19(30-32(20)22)16-5-3-4-6-17(16)25/h3-10,13,29H,2,11-12H2,1H3,(H2,26,33). The molecule has 10 heteroatoms. The van der Waals surface area contributed by atoms with Gasteiger partial charge in [-0.25, -0.2) is 9.97 Å². The maximum Gasteiger partial charge on any atom is 0.241 e. The number of nitrogens with zero attached hydrogens (tertiary/aromatic N) is 5. The van der Waals surface area contributed by atoms with Gasteiger partial charge in [0.1, 0.15) is 17.6 Å². The number of carbonyl (C=O) groups is 1. The van der Waals surface area contributed by atoms with Crippen molar-refractivity contribution >= 4 is 40.7 Å². The van der Waals surface area contributed by atoms with Gasteiger partial charge in [0.25, 0.3) is 0 Å². The van der Waals surface area contributed by atoms with Crippen LogP contribution in [0.4, 0.5) is 5.95 Å². The van der Waals surface area contributed by atoms with E-state index in [0.29, 0.717) is 47.0 Å². The normalized spacial score (nSPS) is 14.9. The molecule has 0 saturated carbocycles. The second-order valence-electron chi connectivity index (χ2n) is 7.95. The summed E-state index contributed by atoms with van der Waals surface area (Å²) in [4.78, 5) is 23.1. The van der Waals surface area contributed by atoms with E-state index in [1.54, 1.807) is 4.52 Å². The van der Waals surface area contributed by atoms with Crippen molar-refractivity contribution < 1.29 is 4.79 Å². The van der Waals surface area contributed by atoms with E-state index in [4.69, 9.17) is 34.0 Å². The fourth-order valence-corrected chi connectivity index (χ4v) is 4.59. The lowest BCUT2D eigenvalue weighted by Gasteiger charge is -2.48. The first kappa shape index (κ1) is 21.6. The minimum Gasteiger partial charge on any atom is -0.368 e. The number of aromatic nitrogens is 4. The molecule has 2 aromatic carbocycles. The second-order valence-corrected chi connectivity index (χ2v) is 8.80. The number of carbonyl (C=O) groups excluding carboxylic acids is 1. The van der Waals surface area contributed by atoms with Gasteiger partial charge in [-0.3, -0.25) is 4.79 Å². The van der Waals surface area contributed by atoms with Crippen LogP contribution in [0.3, 0.4) is 0 Å². The zero-order chi connectivity index (χ0) is 23.2. The minimum absolute atomic E-state index is 0.384. The van der Waals surface area contributed by atoms with Crippen LogP contribution in [0.2, 0.25) is 10.0 Å². The van der Waals surface area contributed by atoms with Gasteiger partial charge < -0.3 is 16.0 Å². The average molecular weight is 482 g/mol. The Labute approximate surface area is 200 Å². The highest BCUT2D eigenvalue weighted by atomic mass is 35.5. The first-order valence-electron chi connectivity index (χ1n) is 10.5. The summed E-state index contributed by atoms with van der Waals surface area (Å²) in [6.07, 6.45) is 1.50. The summed E-state index contributed by atoms with van der Waals surface area (Å²) in [5.41, 5.74) is 8.68. The topological polar surface area (TPSA) is 101 Å². The monoisotopic (exact) mass is 481 g/mol. The van der Waals surface area contributed by atoms with Crippen LogP contribution in [0.5, 0.6) is 0 Å². The van der Waals surface area contributed by atoms with Crippen LogP contribution < -0.4 is 16.0 Å². The molecule has 5 rings (SSSR count). The first-order valence-corrected chi connectivity index (χ1v) is 11.2.